The van der Waals surface area contributed by atoms with E-state index >= 15 is 0 Å². The van der Waals surface area contributed by atoms with Gasteiger partial charge in [-0.25, -0.2) is 9.97 Å². The lowest BCUT2D eigenvalue weighted by molar-refractivity contribution is 0.230. The Bertz CT molecular complexity index is 1000. The number of hydrogen-bond acceptors (Lipinski definition) is 6. The third kappa shape index (κ3) is 3.90. The van der Waals surface area contributed by atoms with Crippen molar-refractivity contribution in [2.24, 2.45) is 0 Å². The summed E-state index contributed by atoms with van der Waals surface area (Å²) in [6.07, 6.45) is 3.55. The molecule has 0 bridgehead atoms. The minimum atomic E-state index is 0.467. The van der Waals surface area contributed by atoms with E-state index < -0.39 is 0 Å². The van der Waals surface area contributed by atoms with Crippen molar-refractivity contribution in [2.75, 3.05) is 10.0 Å². The molecule has 0 atom stereocenters. The number of fused-ring (bicyclic) bond motifs is 1. The fourth-order valence-corrected chi connectivity index (χ4v) is 3.62. The largest absolute Gasteiger partial charge is 0.496 e. The Kier molecular flexibility index (Phi) is 4.98. The number of aryl methyl sites for hydroxylation is 2. The monoisotopic (exact) mass is 376 g/mol. The van der Waals surface area contributed by atoms with Crippen LogP contribution in [0.1, 0.15) is 22.4 Å². The lowest BCUT2D eigenvalue weighted by Gasteiger charge is -2.17. The summed E-state index contributed by atoms with van der Waals surface area (Å²) in [5.41, 5.74) is 6.25. The Hall–Kier alpha value is -2.99. The summed E-state index contributed by atoms with van der Waals surface area (Å²) >= 11 is 1.48. The Balaban J connectivity index is 1.64. The highest BCUT2D eigenvalue weighted by Gasteiger charge is 2.17. The summed E-state index contributed by atoms with van der Waals surface area (Å²) < 4.78 is 8.87. The summed E-state index contributed by atoms with van der Waals surface area (Å²) in [6, 6.07) is 16.3. The van der Waals surface area contributed by atoms with Gasteiger partial charge in [0, 0.05) is 28.9 Å². The molecule has 1 aromatic heterocycles. The van der Waals surface area contributed by atoms with Gasteiger partial charge in [0.1, 0.15) is 11.6 Å². The lowest BCUT2D eigenvalue weighted by atomic mass is 10.2. The van der Waals surface area contributed by atoms with Crippen LogP contribution in [0.15, 0.2) is 59.8 Å². The molecule has 0 amide bonds. The lowest BCUT2D eigenvalue weighted by Crippen LogP contribution is -2.09. The molecule has 1 aliphatic rings. The Morgan fingerprint density at radius 3 is 2.37 bits per heavy atom. The highest BCUT2D eigenvalue weighted by atomic mass is 32.2. The van der Waals surface area contributed by atoms with E-state index in [9.17, 15) is 0 Å². The van der Waals surface area contributed by atoms with Gasteiger partial charge in [-0.3, -0.25) is 0 Å². The zero-order valence-electron chi connectivity index (χ0n) is 15.2. The maximum absolute atomic E-state index is 5.47. The Morgan fingerprint density at radius 1 is 0.926 bits per heavy atom. The van der Waals surface area contributed by atoms with E-state index in [1.807, 2.05) is 36.4 Å². The minimum Gasteiger partial charge on any atom is -0.496 e. The zero-order chi connectivity index (χ0) is 18.6. The van der Waals surface area contributed by atoms with Crippen LogP contribution < -0.4 is 10.0 Å². The second-order valence-electron chi connectivity index (χ2n) is 6.29. The molecule has 0 radical (unpaired) electrons. The third-order valence-corrected chi connectivity index (χ3v) is 5.20. The zero-order valence-corrected chi connectivity index (χ0v) is 16.0. The van der Waals surface area contributed by atoms with Crippen molar-refractivity contribution in [3.63, 3.8) is 0 Å². The molecule has 0 fully saturated rings. The number of para-hydroxylation sites is 2. The summed E-state index contributed by atoms with van der Waals surface area (Å²) in [7, 11) is 0. The van der Waals surface area contributed by atoms with Gasteiger partial charge < -0.3 is 14.8 Å². The fraction of sp³-hybridized carbons (Fsp3) is 0.143. The van der Waals surface area contributed by atoms with Crippen LogP contribution in [0.2, 0.25) is 0 Å². The molecule has 1 aliphatic heterocycles. The van der Waals surface area contributed by atoms with Gasteiger partial charge in [-0.05, 0) is 43.2 Å². The van der Waals surface area contributed by atoms with Crippen LogP contribution in [-0.4, -0.2) is 9.97 Å². The minimum absolute atomic E-state index is 0.467. The van der Waals surface area contributed by atoms with E-state index in [-0.39, 0.29) is 0 Å². The van der Waals surface area contributed by atoms with Crippen LogP contribution in [0.4, 0.5) is 17.3 Å². The number of ether oxygens (including phenoxy) is 1. The van der Waals surface area contributed by atoms with E-state index in [2.05, 4.69) is 47.1 Å². The van der Waals surface area contributed by atoms with Gasteiger partial charge in [0.05, 0.1) is 12.0 Å². The second kappa shape index (κ2) is 7.72. The van der Waals surface area contributed by atoms with Crippen molar-refractivity contribution in [2.45, 2.75) is 25.5 Å². The molecule has 136 valence electrons. The van der Waals surface area contributed by atoms with Gasteiger partial charge in [0.25, 0.3) is 0 Å². The van der Waals surface area contributed by atoms with Crippen LogP contribution in [-0.2, 0) is 11.3 Å². The number of anilines is 3. The number of hydrogen-bond donors (Lipinski definition) is 2. The van der Waals surface area contributed by atoms with Gasteiger partial charge >= 0.3 is 0 Å². The SMILES string of the molecule is Cc1ccccc1NSc1nc(Nc2ccccc2C)nc2c1COC=C2. The first-order valence-corrected chi connectivity index (χ1v) is 9.52. The van der Waals surface area contributed by atoms with Crippen molar-refractivity contribution in [3.8, 4) is 0 Å². The summed E-state index contributed by atoms with van der Waals surface area (Å²) in [5.74, 6) is 0.573. The second-order valence-corrected chi connectivity index (χ2v) is 7.08. The van der Waals surface area contributed by atoms with E-state index in [1.54, 1.807) is 6.26 Å². The molecule has 2 aromatic carbocycles. The molecule has 27 heavy (non-hydrogen) atoms. The molecule has 2 heterocycles. The molecule has 0 spiro atoms. The smallest absolute Gasteiger partial charge is 0.228 e. The standard InChI is InChI=1S/C21H20N4OS/c1-14-7-3-5-9-17(14)22-21-23-19-11-12-26-13-16(19)20(24-21)27-25-18-10-6-4-8-15(18)2/h3-12,25H,13H2,1-2H3,(H,22,23,24). The summed E-state index contributed by atoms with van der Waals surface area (Å²) in [4.78, 5) is 9.38. The molecule has 0 unspecified atom stereocenters. The number of aromatic nitrogens is 2. The van der Waals surface area contributed by atoms with Gasteiger partial charge in [0.2, 0.25) is 5.95 Å². The van der Waals surface area contributed by atoms with Crippen LogP contribution in [0, 0.1) is 13.8 Å². The van der Waals surface area contributed by atoms with E-state index in [0.717, 1.165) is 33.2 Å². The number of benzene rings is 2. The van der Waals surface area contributed by atoms with E-state index in [4.69, 9.17) is 9.72 Å². The van der Waals surface area contributed by atoms with Crippen LogP contribution in [0.5, 0.6) is 0 Å². The molecule has 0 aliphatic carbocycles. The van der Waals surface area contributed by atoms with Gasteiger partial charge in [-0.2, -0.15) is 0 Å². The first-order chi connectivity index (χ1) is 13.2. The first kappa shape index (κ1) is 17.4. The predicted octanol–water partition coefficient (Wildman–Crippen LogP) is 5.46. The van der Waals surface area contributed by atoms with Gasteiger partial charge in [-0.1, -0.05) is 36.4 Å². The molecule has 0 saturated heterocycles. The quantitative estimate of drug-likeness (QED) is 0.456. The number of rotatable bonds is 5. The van der Waals surface area contributed by atoms with Crippen LogP contribution >= 0.6 is 11.9 Å². The average molecular weight is 376 g/mol. The molecule has 4 rings (SSSR count). The van der Waals surface area contributed by atoms with Crippen molar-refractivity contribution in [3.05, 3.63) is 77.2 Å². The fourth-order valence-electron chi connectivity index (χ4n) is 2.76. The van der Waals surface area contributed by atoms with Crippen molar-refractivity contribution < 1.29 is 4.74 Å². The Morgan fingerprint density at radius 2 is 1.63 bits per heavy atom. The van der Waals surface area contributed by atoms with E-state index in [0.29, 0.717) is 12.6 Å². The topological polar surface area (TPSA) is 59.1 Å². The predicted molar refractivity (Wildman–Crippen MR) is 111 cm³/mol. The molecule has 2 N–H and O–H groups in total. The summed E-state index contributed by atoms with van der Waals surface area (Å²) in [6.45, 7) is 4.60. The normalized spacial score (nSPS) is 12.2. The summed E-state index contributed by atoms with van der Waals surface area (Å²) in [5, 5.41) is 4.18. The third-order valence-electron chi connectivity index (χ3n) is 4.35. The maximum atomic E-state index is 5.47. The molecule has 6 heteroatoms. The highest BCUT2D eigenvalue weighted by Crippen LogP contribution is 2.30. The van der Waals surface area contributed by atoms with Crippen molar-refractivity contribution >= 4 is 35.3 Å². The van der Waals surface area contributed by atoms with Gasteiger partial charge in [0.15, 0.2) is 0 Å². The molecular formula is C21H20N4OS. The van der Waals surface area contributed by atoms with E-state index in [1.165, 1.54) is 17.5 Å². The Labute approximate surface area is 163 Å². The highest BCUT2D eigenvalue weighted by molar-refractivity contribution is 8.00. The van der Waals surface area contributed by atoms with Crippen LogP contribution in [0.3, 0.4) is 0 Å². The van der Waals surface area contributed by atoms with Crippen molar-refractivity contribution in [1.82, 2.24) is 9.97 Å². The molecular weight excluding hydrogens is 356 g/mol. The molecule has 3 aromatic rings. The molecule has 5 nitrogen and oxygen atoms in total. The first-order valence-electron chi connectivity index (χ1n) is 8.71. The maximum Gasteiger partial charge on any atom is 0.228 e. The van der Waals surface area contributed by atoms with Gasteiger partial charge in [-0.15, -0.1) is 0 Å². The number of nitrogens with one attached hydrogen (secondary N) is 2. The average Bonchev–Trinajstić information content (AvgIpc) is 2.69. The van der Waals surface area contributed by atoms with Crippen molar-refractivity contribution in [1.29, 1.82) is 0 Å². The van der Waals surface area contributed by atoms with Crippen LogP contribution in [0.25, 0.3) is 6.08 Å². The molecule has 0 saturated carbocycles. The number of nitrogens with zero attached hydrogens (tertiary/aromatic N) is 2.